The molecule has 2 heterocycles. The van der Waals surface area contributed by atoms with E-state index in [-0.39, 0.29) is 5.97 Å². The molecule has 3 rings (SSSR count). The molecule has 140 valence electrons. The number of ether oxygens (including phenoxy) is 1. The number of esters is 1. The first kappa shape index (κ1) is 19.1. The third-order valence-electron chi connectivity index (χ3n) is 4.91. The number of carbonyl (C=O) groups excluding carboxylic acids is 1. The zero-order valence-corrected chi connectivity index (χ0v) is 16.4. The molecule has 0 saturated carbocycles. The maximum Gasteiger partial charge on any atom is 0.312 e. The molecule has 0 amide bonds. The molecule has 0 radical (unpaired) electrons. The first-order valence-corrected chi connectivity index (χ1v) is 11.1. The van der Waals surface area contributed by atoms with Crippen molar-refractivity contribution in [3.05, 3.63) is 52.7 Å². The lowest BCUT2D eigenvalue weighted by Gasteiger charge is -2.39. The monoisotopic (exact) mass is 393 g/mol. The fraction of sp³-hybridized carbons (Fsp3) is 0.421. The van der Waals surface area contributed by atoms with Gasteiger partial charge in [-0.2, -0.15) is 15.6 Å². The molecule has 1 aliphatic heterocycles. The van der Waals surface area contributed by atoms with Gasteiger partial charge in [-0.15, -0.1) is 0 Å². The standard InChI is InChI=1S/C19H23NO4S2/c1-2-24-18(21)19(14-16-6-4-3-5-7-16)9-11-20(12-10-19)26(22,23)17-8-13-25-15-17/h3-8,13,15H,2,9-12,14H2,1H3. The van der Waals surface area contributed by atoms with Gasteiger partial charge in [0.2, 0.25) is 10.0 Å². The first-order valence-electron chi connectivity index (χ1n) is 8.71. The fourth-order valence-electron chi connectivity index (χ4n) is 3.43. The van der Waals surface area contributed by atoms with E-state index in [2.05, 4.69) is 0 Å². The van der Waals surface area contributed by atoms with Gasteiger partial charge in [-0.05, 0) is 43.2 Å². The van der Waals surface area contributed by atoms with Gasteiger partial charge in [0.15, 0.2) is 0 Å². The number of thiophene rings is 1. The van der Waals surface area contributed by atoms with E-state index >= 15 is 0 Å². The lowest BCUT2D eigenvalue weighted by atomic mass is 9.74. The van der Waals surface area contributed by atoms with Crippen LogP contribution in [0.5, 0.6) is 0 Å². The van der Waals surface area contributed by atoms with Gasteiger partial charge in [-0.1, -0.05) is 30.3 Å². The van der Waals surface area contributed by atoms with Crippen molar-refractivity contribution in [2.75, 3.05) is 19.7 Å². The highest BCUT2D eigenvalue weighted by atomic mass is 32.2. The summed E-state index contributed by atoms with van der Waals surface area (Å²) in [5, 5.41) is 3.40. The van der Waals surface area contributed by atoms with Gasteiger partial charge in [-0.25, -0.2) is 8.42 Å². The van der Waals surface area contributed by atoms with Crippen LogP contribution in [0.2, 0.25) is 0 Å². The molecule has 26 heavy (non-hydrogen) atoms. The van der Waals surface area contributed by atoms with Gasteiger partial charge >= 0.3 is 5.97 Å². The molecule has 5 nitrogen and oxygen atoms in total. The van der Waals surface area contributed by atoms with Crippen molar-refractivity contribution in [1.29, 1.82) is 0 Å². The van der Waals surface area contributed by atoms with Crippen LogP contribution < -0.4 is 0 Å². The van der Waals surface area contributed by atoms with E-state index < -0.39 is 15.4 Å². The van der Waals surface area contributed by atoms with E-state index in [1.165, 1.54) is 15.6 Å². The van der Waals surface area contributed by atoms with Crippen molar-refractivity contribution in [2.24, 2.45) is 5.41 Å². The van der Waals surface area contributed by atoms with Crippen LogP contribution in [0.15, 0.2) is 52.1 Å². The molecule has 1 fully saturated rings. The predicted octanol–water partition coefficient (Wildman–Crippen LogP) is 3.32. The molecule has 0 spiro atoms. The van der Waals surface area contributed by atoms with Gasteiger partial charge in [0, 0.05) is 18.5 Å². The summed E-state index contributed by atoms with van der Waals surface area (Å²) in [6.45, 7) is 2.77. The smallest absolute Gasteiger partial charge is 0.312 e. The number of piperidine rings is 1. The number of benzene rings is 1. The second-order valence-corrected chi connectivity index (χ2v) is 9.24. The first-order chi connectivity index (χ1) is 12.5. The quantitative estimate of drug-likeness (QED) is 0.706. The number of carbonyl (C=O) groups is 1. The summed E-state index contributed by atoms with van der Waals surface area (Å²) in [6, 6.07) is 11.5. The fourth-order valence-corrected chi connectivity index (χ4v) is 5.88. The molecule has 1 aliphatic rings. The summed E-state index contributed by atoms with van der Waals surface area (Å²) >= 11 is 1.36. The molecular weight excluding hydrogens is 370 g/mol. The molecule has 1 aromatic carbocycles. The van der Waals surface area contributed by atoms with E-state index in [0.717, 1.165) is 5.56 Å². The maximum absolute atomic E-state index is 12.7. The van der Waals surface area contributed by atoms with E-state index in [1.54, 1.807) is 23.8 Å². The van der Waals surface area contributed by atoms with Crippen molar-refractivity contribution in [3.8, 4) is 0 Å². The third kappa shape index (κ3) is 3.84. The van der Waals surface area contributed by atoms with Crippen molar-refractivity contribution in [3.63, 3.8) is 0 Å². The molecule has 0 aliphatic carbocycles. The van der Waals surface area contributed by atoms with Gasteiger partial charge in [0.05, 0.1) is 16.9 Å². The Morgan fingerprint density at radius 2 is 1.88 bits per heavy atom. The van der Waals surface area contributed by atoms with Crippen molar-refractivity contribution < 1.29 is 17.9 Å². The Morgan fingerprint density at radius 3 is 2.46 bits per heavy atom. The Balaban J connectivity index is 1.80. The molecule has 0 N–H and O–H groups in total. The van der Waals surface area contributed by atoms with E-state index in [4.69, 9.17) is 4.74 Å². The van der Waals surface area contributed by atoms with E-state index in [9.17, 15) is 13.2 Å². The van der Waals surface area contributed by atoms with Gasteiger partial charge in [-0.3, -0.25) is 4.79 Å². The highest BCUT2D eigenvalue weighted by molar-refractivity contribution is 7.89. The Kier molecular flexibility index (Phi) is 5.79. The number of sulfonamides is 1. The van der Waals surface area contributed by atoms with Crippen molar-refractivity contribution in [1.82, 2.24) is 4.31 Å². The zero-order valence-electron chi connectivity index (χ0n) is 14.8. The van der Waals surface area contributed by atoms with Crippen LogP contribution in [0.3, 0.4) is 0 Å². The summed E-state index contributed by atoms with van der Waals surface area (Å²) in [6.07, 6.45) is 1.49. The summed E-state index contributed by atoms with van der Waals surface area (Å²) in [5.41, 5.74) is 0.396. The Labute approximate surface area is 158 Å². The largest absolute Gasteiger partial charge is 0.466 e. The topological polar surface area (TPSA) is 63.7 Å². The average Bonchev–Trinajstić information content (AvgIpc) is 3.19. The highest BCUT2D eigenvalue weighted by Crippen LogP contribution is 2.38. The molecular formula is C19H23NO4S2. The molecule has 1 aromatic heterocycles. The SMILES string of the molecule is CCOC(=O)C1(Cc2ccccc2)CCN(S(=O)(=O)c2ccsc2)CC1. The lowest BCUT2D eigenvalue weighted by molar-refractivity contribution is -0.158. The molecule has 0 atom stereocenters. The molecule has 2 aromatic rings. The number of hydrogen-bond acceptors (Lipinski definition) is 5. The second kappa shape index (κ2) is 7.90. The summed E-state index contributed by atoms with van der Waals surface area (Å²) in [7, 11) is -3.49. The number of hydrogen-bond donors (Lipinski definition) is 0. The van der Waals surface area contributed by atoms with Gasteiger partial charge < -0.3 is 4.74 Å². The predicted molar refractivity (Wildman–Crippen MR) is 102 cm³/mol. The van der Waals surface area contributed by atoms with Gasteiger partial charge in [0.1, 0.15) is 0 Å². The van der Waals surface area contributed by atoms with E-state index in [0.29, 0.717) is 43.9 Å². The van der Waals surface area contributed by atoms with Crippen LogP contribution in [-0.4, -0.2) is 38.4 Å². The zero-order chi connectivity index (χ0) is 18.6. The normalized spacial score (nSPS) is 17.7. The Morgan fingerprint density at radius 1 is 1.19 bits per heavy atom. The van der Waals surface area contributed by atoms with Crippen LogP contribution >= 0.6 is 11.3 Å². The van der Waals surface area contributed by atoms with Crippen LogP contribution in [-0.2, 0) is 26.0 Å². The molecule has 1 saturated heterocycles. The number of nitrogens with zero attached hydrogens (tertiary/aromatic N) is 1. The molecule has 0 bridgehead atoms. The molecule has 7 heteroatoms. The Bertz CT molecular complexity index is 824. The lowest BCUT2D eigenvalue weighted by Crippen LogP contribution is -2.48. The summed E-state index contributed by atoms with van der Waals surface area (Å²) in [5.74, 6) is -0.226. The van der Waals surface area contributed by atoms with Crippen LogP contribution in [0.25, 0.3) is 0 Å². The maximum atomic E-state index is 12.7. The highest BCUT2D eigenvalue weighted by Gasteiger charge is 2.45. The number of rotatable bonds is 6. The summed E-state index contributed by atoms with van der Waals surface area (Å²) in [4.78, 5) is 13.0. The van der Waals surface area contributed by atoms with Gasteiger partial charge in [0.25, 0.3) is 0 Å². The molecule has 0 unspecified atom stereocenters. The van der Waals surface area contributed by atoms with Crippen LogP contribution in [0.1, 0.15) is 25.3 Å². The Hall–Kier alpha value is -1.70. The van der Waals surface area contributed by atoms with Crippen molar-refractivity contribution in [2.45, 2.75) is 31.1 Å². The minimum absolute atomic E-state index is 0.226. The second-order valence-electron chi connectivity index (χ2n) is 6.53. The van der Waals surface area contributed by atoms with E-state index in [1.807, 2.05) is 30.3 Å². The van der Waals surface area contributed by atoms with Crippen molar-refractivity contribution >= 4 is 27.3 Å². The van der Waals surface area contributed by atoms with Crippen LogP contribution in [0.4, 0.5) is 0 Å². The minimum Gasteiger partial charge on any atom is -0.466 e. The van der Waals surface area contributed by atoms with Crippen LogP contribution in [0, 0.1) is 5.41 Å². The average molecular weight is 394 g/mol. The minimum atomic E-state index is -3.49. The third-order valence-corrected chi connectivity index (χ3v) is 7.63. The summed E-state index contributed by atoms with van der Waals surface area (Å²) < 4.78 is 32.3.